The van der Waals surface area contributed by atoms with Crippen LogP contribution in [0.4, 0.5) is 21.9 Å². The van der Waals surface area contributed by atoms with Crippen LogP contribution in [0.3, 0.4) is 0 Å². The van der Waals surface area contributed by atoms with E-state index in [4.69, 9.17) is 23.2 Å². The van der Waals surface area contributed by atoms with Crippen LogP contribution in [0.15, 0.2) is 61.2 Å². The molecule has 21 heteroatoms. The van der Waals surface area contributed by atoms with Crippen LogP contribution in [0, 0.1) is 17.8 Å². The lowest BCUT2D eigenvalue weighted by Crippen LogP contribution is -2.52. The first-order valence-corrected chi connectivity index (χ1v) is 23.7. The molecule has 1 unspecified atom stereocenters. The van der Waals surface area contributed by atoms with E-state index in [2.05, 4.69) is 63.1 Å². The van der Waals surface area contributed by atoms with Crippen molar-refractivity contribution >= 4 is 75.6 Å². The van der Waals surface area contributed by atoms with Crippen molar-refractivity contribution in [3.8, 4) is 5.82 Å². The first-order valence-electron chi connectivity index (χ1n) is 23.0. The Morgan fingerprint density at radius 2 is 1.60 bits per heavy atom. The highest BCUT2D eigenvalue weighted by molar-refractivity contribution is 6.32. The average Bonchev–Trinajstić information content (AvgIpc) is 4.01. The minimum atomic E-state index is -0.598. The zero-order chi connectivity index (χ0) is 46.8. The average molecular weight is 954 g/mol. The number of hydrogen-bond donors (Lipinski definition) is 3. The number of aromatic nitrogens is 7. The van der Waals surface area contributed by atoms with Gasteiger partial charge in [-0.2, -0.15) is 15.3 Å². The number of benzene rings is 1. The predicted molar refractivity (Wildman–Crippen MR) is 251 cm³/mol. The Balaban J connectivity index is 0.739. The van der Waals surface area contributed by atoms with Gasteiger partial charge in [0, 0.05) is 82.9 Å². The molecule has 1 aliphatic carbocycles. The van der Waals surface area contributed by atoms with Crippen LogP contribution in [-0.2, 0) is 19.2 Å². The maximum atomic E-state index is 14.1. The molecule has 67 heavy (non-hydrogen) atoms. The van der Waals surface area contributed by atoms with Gasteiger partial charge >= 0.3 is 6.03 Å². The molecule has 6 amide bonds. The van der Waals surface area contributed by atoms with E-state index < -0.39 is 12.1 Å². The number of carbonyl (C=O) groups is 5. The van der Waals surface area contributed by atoms with E-state index >= 15 is 0 Å². The summed E-state index contributed by atoms with van der Waals surface area (Å²) in [5.41, 5.74) is 3.68. The van der Waals surface area contributed by atoms with Gasteiger partial charge in [0.25, 0.3) is 0 Å². The number of pyridine rings is 1. The summed E-state index contributed by atoms with van der Waals surface area (Å²) in [5, 5.41) is 21.0. The monoisotopic (exact) mass is 952 g/mol. The van der Waals surface area contributed by atoms with Gasteiger partial charge in [-0.05, 0) is 81.5 Å². The summed E-state index contributed by atoms with van der Waals surface area (Å²) in [4.78, 5) is 84.0. The normalized spacial score (nSPS) is 21.2. The number of carbonyl (C=O) groups excluding carboxylic acids is 5. The maximum absolute atomic E-state index is 14.1. The zero-order valence-electron chi connectivity index (χ0n) is 37.5. The number of hydrogen-bond acceptors (Lipinski definition) is 12. The van der Waals surface area contributed by atoms with Gasteiger partial charge in [-0.15, -0.1) is 4.80 Å². The van der Waals surface area contributed by atoms with Gasteiger partial charge < -0.3 is 25.3 Å². The third kappa shape index (κ3) is 10.2. The first-order chi connectivity index (χ1) is 32.4. The summed E-state index contributed by atoms with van der Waals surface area (Å²) in [6.07, 6.45) is 11.5. The SMILES string of the molecule is C[C@H](c1c(NC(=O)Nc2cnc(-n3nccn3)c(Cl)c2)cnc2cc(Cl)nn12)N(C)C(=O)C1CCC(C(=O)N2CCN(CC3CCN(c4cccc(C5CCC(=O)NC5=O)c4)CC3)CC2)CC1. The van der Waals surface area contributed by atoms with E-state index in [9.17, 15) is 24.0 Å². The second-order valence-corrected chi connectivity index (χ2v) is 18.8. The van der Waals surface area contributed by atoms with Gasteiger partial charge in [0.2, 0.25) is 23.6 Å². The van der Waals surface area contributed by atoms with Crippen molar-refractivity contribution in [3.05, 3.63) is 82.6 Å². The molecule has 19 nitrogen and oxygen atoms in total. The zero-order valence-corrected chi connectivity index (χ0v) is 39.0. The molecule has 9 rings (SSSR count). The number of anilines is 3. The molecule has 0 radical (unpaired) electrons. The van der Waals surface area contributed by atoms with E-state index in [1.165, 1.54) is 40.2 Å². The number of nitrogens with zero attached hydrogens (tertiary/aromatic N) is 11. The van der Waals surface area contributed by atoms with E-state index in [1.807, 2.05) is 24.0 Å². The highest BCUT2D eigenvalue weighted by atomic mass is 35.5. The Morgan fingerprint density at radius 1 is 0.866 bits per heavy atom. The lowest BCUT2D eigenvalue weighted by atomic mass is 9.80. The number of amides is 6. The summed E-state index contributed by atoms with van der Waals surface area (Å²) in [6, 6.07) is 10.2. The molecule has 4 fully saturated rings. The van der Waals surface area contributed by atoms with Crippen molar-refractivity contribution in [2.45, 2.75) is 70.3 Å². The number of imide groups is 1. The maximum Gasteiger partial charge on any atom is 0.323 e. The molecular formula is C46H54Cl2N14O5. The van der Waals surface area contributed by atoms with Crippen LogP contribution in [0.1, 0.15) is 81.5 Å². The van der Waals surface area contributed by atoms with Gasteiger partial charge in [-0.25, -0.2) is 19.3 Å². The molecular weight excluding hydrogens is 900 g/mol. The van der Waals surface area contributed by atoms with Crippen LogP contribution in [-0.4, -0.2) is 132 Å². The van der Waals surface area contributed by atoms with E-state index in [0.717, 1.165) is 56.8 Å². The molecule has 3 saturated heterocycles. The predicted octanol–water partition coefficient (Wildman–Crippen LogP) is 5.56. The topological polar surface area (TPSA) is 208 Å². The lowest BCUT2D eigenvalue weighted by Gasteiger charge is -2.41. The number of rotatable bonds is 11. The van der Waals surface area contributed by atoms with Crippen molar-refractivity contribution < 1.29 is 24.0 Å². The fraction of sp³-hybridized carbons (Fsp3) is 0.478. The van der Waals surface area contributed by atoms with E-state index in [0.29, 0.717) is 86.1 Å². The Bertz CT molecular complexity index is 2640. The smallest absolute Gasteiger partial charge is 0.323 e. The van der Waals surface area contributed by atoms with Crippen molar-refractivity contribution in [1.29, 1.82) is 0 Å². The number of nitrogens with one attached hydrogen (secondary N) is 3. The molecule has 352 valence electrons. The summed E-state index contributed by atoms with van der Waals surface area (Å²) in [5.74, 6) is -0.0510. The third-order valence-corrected chi connectivity index (χ3v) is 14.3. The fourth-order valence-corrected chi connectivity index (χ4v) is 10.4. The molecule has 2 atom stereocenters. The molecule has 1 aromatic carbocycles. The van der Waals surface area contributed by atoms with Gasteiger partial charge in [0.1, 0.15) is 0 Å². The fourth-order valence-electron chi connectivity index (χ4n) is 10.0. The third-order valence-electron chi connectivity index (χ3n) is 13.9. The molecule has 0 spiro atoms. The standard InChI is InChI=1S/C46H54Cl2N14O5/c1-28(41-37(26-49-39-24-38(48)56-61(39)41)54-46(67)53-33-23-36(47)42(50-25-33)62-51-14-15-52-62)57(2)44(65)30-6-8-31(9-7-30)45(66)60-20-18-58(19-21-60)27-29-12-16-59(17-13-29)34-5-3-4-32(22-34)35-10-11-40(63)55-43(35)64/h3-5,14-15,22-26,28-31,35H,6-13,16-21,27H2,1-2H3,(H2,53,54,67)(H,55,63,64)/t28-,30?,31?,35?/m1/s1. The quantitative estimate of drug-likeness (QED) is 0.139. The van der Waals surface area contributed by atoms with Crippen LogP contribution >= 0.6 is 23.2 Å². The summed E-state index contributed by atoms with van der Waals surface area (Å²) in [7, 11) is 1.74. The highest BCUT2D eigenvalue weighted by Crippen LogP contribution is 2.36. The number of piperidine rings is 2. The van der Waals surface area contributed by atoms with E-state index in [-0.39, 0.29) is 51.6 Å². The largest absolute Gasteiger partial charge is 0.372 e. The second-order valence-electron chi connectivity index (χ2n) is 18.0. The van der Waals surface area contributed by atoms with Gasteiger partial charge in [0.05, 0.1) is 58.8 Å². The number of fused-ring (bicyclic) bond motifs is 1. The summed E-state index contributed by atoms with van der Waals surface area (Å²) in [6.45, 7) is 7.88. The van der Waals surface area contributed by atoms with Crippen molar-refractivity contribution in [1.82, 2.24) is 54.6 Å². The number of urea groups is 1. The molecule has 5 aromatic rings. The van der Waals surface area contributed by atoms with Crippen LogP contribution in [0.2, 0.25) is 10.2 Å². The van der Waals surface area contributed by atoms with Gasteiger partial charge in [0.15, 0.2) is 16.6 Å². The Labute approximate surface area is 397 Å². The molecule has 4 aromatic heterocycles. The second kappa shape index (κ2) is 20.0. The minimum Gasteiger partial charge on any atom is -0.372 e. The van der Waals surface area contributed by atoms with Crippen molar-refractivity contribution in [2.24, 2.45) is 17.8 Å². The molecule has 4 aliphatic rings. The Kier molecular flexibility index (Phi) is 13.7. The lowest BCUT2D eigenvalue weighted by molar-refractivity contribution is -0.142. The molecule has 7 heterocycles. The molecule has 1 saturated carbocycles. The van der Waals surface area contributed by atoms with E-state index in [1.54, 1.807) is 18.0 Å². The number of piperazine rings is 1. The van der Waals surface area contributed by atoms with Crippen LogP contribution in [0.5, 0.6) is 0 Å². The number of halogens is 2. The van der Waals surface area contributed by atoms with Gasteiger partial charge in [-0.1, -0.05) is 35.3 Å². The van der Waals surface area contributed by atoms with Gasteiger partial charge in [-0.3, -0.25) is 29.4 Å². The molecule has 3 N–H and O–H groups in total. The molecule has 3 aliphatic heterocycles. The van der Waals surface area contributed by atoms with Crippen LogP contribution in [0.25, 0.3) is 11.5 Å². The van der Waals surface area contributed by atoms with Crippen LogP contribution < -0.4 is 20.9 Å². The minimum absolute atomic E-state index is 0.0512. The highest BCUT2D eigenvalue weighted by Gasteiger charge is 2.37. The van der Waals surface area contributed by atoms with Crippen molar-refractivity contribution in [3.63, 3.8) is 0 Å². The summed E-state index contributed by atoms with van der Waals surface area (Å²) < 4.78 is 1.53. The summed E-state index contributed by atoms with van der Waals surface area (Å²) >= 11 is 12.7. The first kappa shape index (κ1) is 46.0. The Morgan fingerprint density at radius 3 is 2.31 bits per heavy atom. The molecule has 0 bridgehead atoms. The van der Waals surface area contributed by atoms with Crippen molar-refractivity contribution in [2.75, 3.05) is 68.4 Å². The Hall–Kier alpha value is -6.18.